The zero-order valence-corrected chi connectivity index (χ0v) is 23.7. The number of nitrogens with one attached hydrogen (secondary N) is 3. The zero-order chi connectivity index (χ0) is 25.8. The molecule has 2 rings (SSSR count). The van der Waals surface area contributed by atoms with Crippen LogP contribution < -0.4 is 16.0 Å². The average molecular weight is 518 g/mol. The lowest BCUT2D eigenvalue weighted by Crippen LogP contribution is -2.42. The molecule has 0 aliphatic carbocycles. The van der Waals surface area contributed by atoms with Gasteiger partial charge in [0.15, 0.2) is 0 Å². The molecule has 6 heteroatoms. The van der Waals surface area contributed by atoms with Gasteiger partial charge >= 0.3 is 0 Å². The number of thioether (sulfide) groups is 1. The summed E-state index contributed by atoms with van der Waals surface area (Å²) in [4.78, 5) is 23.8. The first-order valence-corrected chi connectivity index (χ1v) is 15.7. The van der Waals surface area contributed by atoms with Gasteiger partial charge in [-0.15, -0.1) is 11.8 Å². The van der Waals surface area contributed by atoms with Crippen molar-refractivity contribution in [2.75, 3.05) is 17.6 Å². The molecule has 0 aromatic heterocycles. The van der Waals surface area contributed by atoms with Crippen molar-refractivity contribution in [2.24, 2.45) is 0 Å². The van der Waals surface area contributed by atoms with E-state index in [1.165, 1.54) is 103 Å². The van der Waals surface area contributed by atoms with Crippen LogP contribution in [0.1, 0.15) is 128 Å². The van der Waals surface area contributed by atoms with Gasteiger partial charge in [-0.1, -0.05) is 115 Å². The fourth-order valence-electron chi connectivity index (χ4n) is 4.81. The summed E-state index contributed by atoms with van der Waals surface area (Å²) < 4.78 is 0. The Hall–Kier alpha value is -1.53. The van der Waals surface area contributed by atoms with E-state index in [-0.39, 0.29) is 23.2 Å². The number of hydrogen-bond donors (Lipinski definition) is 3. The van der Waals surface area contributed by atoms with Gasteiger partial charge in [-0.2, -0.15) is 0 Å². The van der Waals surface area contributed by atoms with Crippen LogP contribution in [0.2, 0.25) is 0 Å². The van der Waals surface area contributed by atoms with E-state index in [4.69, 9.17) is 0 Å². The number of benzene rings is 1. The SMILES string of the molecule is CCCCCCCCCCCCCCCCCCNC(=O)[C@@H]1CSC(c2cccc(NC(C)=O)c2)N1. The number of carbonyl (C=O) groups excluding carboxylic acids is 2. The summed E-state index contributed by atoms with van der Waals surface area (Å²) in [6.07, 6.45) is 21.8. The maximum absolute atomic E-state index is 12.6. The van der Waals surface area contributed by atoms with Crippen LogP contribution in [0.15, 0.2) is 24.3 Å². The molecule has 2 amide bonds. The number of anilines is 1. The Kier molecular flexibility index (Phi) is 16.7. The number of unbranched alkanes of at least 4 members (excludes halogenated alkanes) is 15. The van der Waals surface area contributed by atoms with Crippen LogP contribution in [0.25, 0.3) is 0 Å². The minimum Gasteiger partial charge on any atom is -0.355 e. The molecule has 0 saturated carbocycles. The summed E-state index contributed by atoms with van der Waals surface area (Å²) in [5.41, 5.74) is 1.87. The summed E-state index contributed by atoms with van der Waals surface area (Å²) >= 11 is 1.74. The smallest absolute Gasteiger partial charge is 0.238 e. The van der Waals surface area contributed by atoms with Crippen LogP contribution in [0, 0.1) is 0 Å². The highest BCUT2D eigenvalue weighted by molar-refractivity contribution is 7.99. The van der Waals surface area contributed by atoms with Gasteiger partial charge in [-0.05, 0) is 24.1 Å². The fourth-order valence-corrected chi connectivity index (χ4v) is 6.04. The maximum atomic E-state index is 12.6. The first-order valence-electron chi connectivity index (χ1n) is 14.6. The first kappa shape index (κ1) is 30.7. The molecule has 0 bridgehead atoms. The topological polar surface area (TPSA) is 70.2 Å². The highest BCUT2D eigenvalue weighted by Gasteiger charge is 2.30. The minimum atomic E-state index is -0.162. The van der Waals surface area contributed by atoms with Crippen LogP contribution in [-0.4, -0.2) is 30.2 Å². The molecule has 5 nitrogen and oxygen atoms in total. The molecule has 1 unspecified atom stereocenters. The van der Waals surface area contributed by atoms with E-state index in [1.54, 1.807) is 11.8 Å². The monoisotopic (exact) mass is 517 g/mol. The van der Waals surface area contributed by atoms with Crippen molar-refractivity contribution in [3.05, 3.63) is 29.8 Å². The number of amides is 2. The van der Waals surface area contributed by atoms with Crippen molar-refractivity contribution in [3.63, 3.8) is 0 Å². The fraction of sp³-hybridized carbons (Fsp3) is 0.733. The van der Waals surface area contributed by atoms with Crippen molar-refractivity contribution in [1.82, 2.24) is 10.6 Å². The molecule has 1 saturated heterocycles. The van der Waals surface area contributed by atoms with E-state index in [0.29, 0.717) is 0 Å². The van der Waals surface area contributed by atoms with Gasteiger partial charge in [0, 0.05) is 24.9 Å². The minimum absolute atomic E-state index is 0.0741. The molecule has 1 aromatic rings. The number of hydrogen-bond acceptors (Lipinski definition) is 4. The van der Waals surface area contributed by atoms with Gasteiger partial charge in [-0.25, -0.2) is 0 Å². The van der Waals surface area contributed by atoms with Crippen molar-refractivity contribution >= 4 is 29.3 Å². The molecule has 1 aliphatic rings. The molecular weight excluding hydrogens is 466 g/mol. The molecule has 1 aliphatic heterocycles. The lowest BCUT2D eigenvalue weighted by atomic mass is 10.0. The summed E-state index contributed by atoms with van der Waals surface area (Å²) in [5, 5.41) is 9.44. The second-order valence-electron chi connectivity index (χ2n) is 10.3. The lowest BCUT2D eigenvalue weighted by Gasteiger charge is -2.15. The van der Waals surface area contributed by atoms with Crippen molar-refractivity contribution in [2.45, 2.75) is 128 Å². The summed E-state index contributed by atoms with van der Waals surface area (Å²) in [7, 11) is 0. The molecule has 0 spiro atoms. The number of rotatable bonds is 20. The Morgan fingerprint density at radius 3 is 1.97 bits per heavy atom. The van der Waals surface area contributed by atoms with E-state index in [1.807, 2.05) is 24.3 Å². The second kappa shape index (κ2) is 19.6. The van der Waals surface area contributed by atoms with Crippen molar-refractivity contribution in [3.8, 4) is 0 Å². The Labute approximate surface area is 224 Å². The molecule has 1 aromatic carbocycles. The standard InChI is InChI=1S/C30H51N3O2S/c1-3-4-5-6-7-8-9-10-11-12-13-14-15-16-17-18-22-31-29(35)28-24-36-30(33-28)26-20-19-21-27(23-26)32-25(2)34/h19-21,23,28,30,33H,3-18,22,24H2,1-2H3,(H,31,35)(H,32,34)/t28-,30?/m0/s1. The highest BCUT2D eigenvalue weighted by Crippen LogP contribution is 2.33. The van der Waals surface area contributed by atoms with Gasteiger partial charge in [0.1, 0.15) is 0 Å². The Morgan fingerprint density at radius 1 is 0.861 bits per heavy atom. The summed E-state index contributed by atoms with van der Waals surface area (Å²) in [6.45, 7) is 4.56. The molecule has 1 heterocycles. The van der Waals surface area contributed by atoms with E-state index >= 15 is 0 Å². The average Bonchev–Trinajstić information content (AvgIpc) is 3.36. The predicted octanol–water partition coefficient (Wildman–Crippen LogP) is 7.73. The quantitative estimate of drug-likeness (QED) is 0.155. The number of carbonyl (C=O) groups is 2. The van der Waals surface area contributed by atoms with Crippen LogP contribution in [-0.2, 0) is 9.59 Å². The lowest BCUT2D eigenvalue weighted by molar-refractivity contribution is -0.122. The zero-order valence-electron chi connectivity index (χ0n) is 22.9. The Balaban J connectivity index is 1.41. The molecule has 36 heavy (non-hydrogen) atoms. The molecular formula is C30H51N3O2S. The first-order chi connectivity index (χ1) is 17.6. The Morgan fingerprint density at radius 2 is 1.42 bits per heavy atom. The van der Waals surface area contributed by atoms with Gasteiger partial charge in [0.25, 0.3) is 0 Å². The largest absolute Gasteiger partial charge is 0.355 e. The van der Waals surface area contributed by atoms with Gasteiger partial charge in [0.2, 0.25) is 11.8 Å². The normalized spacial score (nSPS) is 17.3. The predicted molar refractivity (Wildman–Crippen MR) is 155 cm³/mol. The van der Waals surface area contributed by atoms with Crippen LogP contribution in [0.3, 0.4) is 0 Å². The third kappa shape index (κ3) is 13.7. The third-order valence-electron chi connectivity index (χ3n) is 6.94. The van der Waals surface area contributed by atoms with E-state index in [2.05, 4.69) is 22.9 Å². The highest BCUT2D eigenvalue weighted by atomic mass is 32.2. The molecule has 204 valence electrons. The maximum Gasteiger partial charge on any atom is 0.238 e. The van der Waals surface area contributed by atoms with Crippen LogP contribution >= 0.6 is 11.8 Å². The van der Waals surface area contributed by atoms with Gasteiger partial charge in [-0.3, -0.25) is 14.9 Å². The molecule has 1 fully saturated rings. The van der Waals surface area contributed by atoms with E-state index < -0.39 is 0 Å². The second-order valence-corrected chi connectivity index (χ2v) is 11.5. The van der Waals surface area contributed by atoms with E-state index in [0.717, 1.165) is 30.0 Å². The molecule has 0 radical (unpaired) electrons. The molecule has 3 N–H and O–H groups in total. The Bertz CT molecular complexity index is 743. The van der Waals surface area contributed by atoms with Gasteiger partial charge < -0.3 is 10.6 Å². The third-order valence-corrected chi connectivity index (χ3v) is 8.21. The molecule has 2 atom stereocenters. The van der Waals surface area contributed by atoms with Crippen molar-refractivity contribution in [1.29, 1.82) is 0 Å². The van der Waals surface area contributed by atoms with Crippen molar-refractivity contribution < 1.29 is 9.59 Å². The van der Waals surface area contributed by atoms with Crippen LogP contribution in [0.5, 0.6) is 0 Å². The van der Waals surface area contributed by atoms with E-state index in [9.17, 15) is 9.59 Å². The summed E-state index contributed by atoms with van der Waals surface area (Å²) in [5.74, 6) is 0.786. The van der Waals surface area contributed by atoms with Crippen LogP contribution in [0.4, 0.5) is 5.69 Å². The summed E-state index contributed by atoms with van der Waals surface area (Å²) in [6, 6.07) is 7.67. The van der Waals surface area contributed by atoms with Gasteiger partial charge in [0.05, 0.1) is 11.4 Å².